The molecule has 2 unspecified atom stereocenters. The van der Waals surface area contributed by atoms with Gasteiger partial charge in [0, 0.05) is 12.1 Å². The standard InChI is InChI=1S/C16H25N3O2/c1-11(7-8-19(3)4)17-12(2)13-5-6-15-14(9-13)18-16(20)10-21-15/h5-6,9,11-12,17H,7-8,10H2,1-4H3,(H,18,20). The van der Waals surface area contributed by atoms with E-state index in [4.69, 9.17) is 4.74 Å². The number of rotatable bonds is 6. The largest absolute Gasteiger partial charge is 0.482 e. The van der Waals surface area contributed by atoms with Gasteiger partial charge in [-0.1, -0.05) is 6.07 Å². The van der Waals surface area contributed by atoms with Gasteiger partial charge in [0.05, 0.1) is 5.69 Å². The van der Waals surface area contributed by atoms with Crippen LogP contribution in [-0.4, -0.2) is 44.1 Å². The number of anilines is 1. The molecule has 1 aliphatic heterocycles. The molecule has 21 heavy (non-hydrogen) atoms. The molecule has 2 N–H and O–H groups in total. The monoisotopic (exact) mass is 291 g/mol. The third-order valence-electron chi connectivity index (χ3n) is 3.68. The lowest BCUT2D eigenvalue weighted by molar-refractivity contribution is -0.118. The molecule has 2 rings (SSSR count). The van der Waals surface area contributed by atoms with Crippen LogP contribution >= 0.6 is 0 Å². The lowest BCUT2D eigenvalue weighted by Crippen LogP contribution is -2.32. The molecular weight excluding hydrogens is 266 g/mol. The summed E-state index contributed by atoms with van der Waals surface area (Å²) in [6.07, 6.45) is 1.10. The topological polar surface area (TPSA) is 53.6 Å². The van der Waals surface area contributed by atoms with Crippen LogP contribution in [0.5, 0.6) is 5.75 Å². The van der Waals surface area contributed by atoms with Crippen molar-refractivity contribution in [1.29, 1.82) is 0 Å². The summed E-state index contributed by atoms with van der Waals surface area (Å²) < 4.78 is 5.38. The van der Waals surface area contributed by atoms with Crippen molar-refractivity contribution >= 4 is 11.6 Å². The Morgan fingerprint density at radius 1 is 1.38 bits per heavy atom. The van der Waals surface area contributed by atoms with E-state index in [1.165, 1.54) is 0 Å². The van der Waals surface area contributed by atoms with E-state index in [0.29, 0.717) is 6.04 Å². The second kappa shape index (κ2) is 6.91. The zero-order valence-electron chi connectivity index (χ0n) is 13.3. The molecule has 0 saturated heterocycles. The molecule has 0 radical (unpaired) electrons. The third-order valence-corrected chi connectivity index (χ3v) is 3.68. The normalized spacial score (nSPS) is 16.9. The van der Waals surface area contributed by atoms with Crippen LogP contribution < -0.4 is 15.4 Å². The van der Waals surface area contributed by atoms with Crippen molar-refractivity contribution in [2.75, 3.05) is 32.6 Å². The molecule has 0 aliphatic carbocycles. The summed E-state index contributed by atoms with van der Waals surface area (Å²) in [5, 5.41) is 6.44. The SMILES string of the molecule is CC(CCN(C)C)NC(C)c1ccc2c(c1)NC(=O)CO2. The number of fused-ring (bicyclic) bond motifs is 1. The summed E-state index contributed by atoms with van der Waals surface area (Å²) in [4.78, 5) is 13.6. The molecule has 5 nitrogen and oxygen atoms in total. The van der Waals surface area contributed by atoms with Crippen molar-refractivity contribution in [2.45, 2.75) is 32.4 Å². The van der Waals surface area contributed by atoms with E-state index in [0.717, 1.165) is 30.0 Å². The highest BCUT2D eigenvalue weighted by Crippen LogP contribution is 2.30. The summed E-state index contributed by atoms with van der Waals surface area (Å²) in [7, 11) is 4.17. The zero-order valence-corrected chi connectivity index (χ0v) is 13.3. The van der Waals surface area contributed by atoms with Crippen molar-refractivity contribution < 1.29 is 9.53 Å². The molecule has 1 aromatic carbocycles. The van der Waals surface area contributed by atoms with Crippen molar-refractivity contribution in [3.05, 3.63) is 23.8 Å². The Labute approximate surface area is 126 Å². The van der Waals surface area contributed by atoms with Gasteiger partial charge in [-0.3, -0.25) is 4.79 Å². The van der Waals surface area contributed by atoms with Gasteiger partial charge in [0.2, 0.25) is 0 Å². The summed E-state index contributed by atoms with van der Waals surface area (Å²) >= 11 is 0. The second-order valence-corrected chi connectivity index (χ2v) is 5.97. The number of hydrogen-bond donors (Lipinski definition) is 2. The van der Waals surface area contributed by atoms with Gasteiger partial charge in [-0.05, 0) is 58.6 Å². The predicted octanol–water partition coefficient (Wildman–Crippen LogP) is 2.01. The number of carbonyl (C=O) groups excluding carboxylic acids is 1. The van der Waals surface area contributed by atoms with Gasteiger partial charge >= 0.3 is 0 Å². The van der Waals surface area contributed by atoms with Crippen molar-refractivity contribution in [2.24, 2.45) is 0 Å². The molecule has 0 bridgehead atoms. The van der Waals surface area contributed by atoms with Crippen LogP contribution in [-0.2, 0) is 4.79 Å². The highest BCUT2D eigenvalue weighted by Gasteiger charge is 2.18. The van der Waals surface area contributed by atoms with Crippen LogP contribution in [0.4, 0.5) is 5.69 Å². The van der Waals surface area contributed by atoms with E-state index >= 15 is 0 Å². The van der Waals surface area contributed by atoms with E-state index in [2.05, 4.69) is 43.5 Å². The molecule has 1 heterocycles. The number of nitrogens with zero attached hydrogens (tertiary/aromatic N) is 1. The Morgan fingerprint density at radius 2 is 2.14 bits per heavy atom. The maximum absolute atomic E-state index is 11.4. The zero-order chi connectivity index (χ0) is 15.4. The minimum atomic E-state index is -0.0976. The van der Waals surface area contributed by atoms with Gasteiger partial charge in [-0.25, -0.2) is 0 Å². The van der Waals surface area contributed by atoms with E-state index < -0.39 is 0 Å². The molecular formula is C16H25N3O2. The summed E-state index contributed by atoms with van der Waals surface area (Å²) in [5.41, 5.74) is 1.91. The number of amides is 1. The first-order chi connectivity index (χ1) is 9.95. The van der Waals surface area contributed by atoms with E-state index in [9.17, 15) is 4.79 Å². The number of benzene rings is 1. The van der Waals surface area contributed by atoms with Gasteiger partial charge in [-0.15, -0.1) is 0 Å². The number of carbonyl (C=O) groups is 1. The molecule has 0 aromatic heterocycles. The highest BCUT2D eigenvalue weighted by molar-refractivity contribution is 5.95. The average Bonchev–Trinajstić information content (AvgIpc) is 2.44. The first-order valence-corrected chi connectivity index (χ1v) is 7.43. The molecule has 2 atom stereocenters. The lowest BCUT2D eigenvalue weighted by Gasteiger charge is -2.24. The molecule has 0 saturated carbocycles. The Bertz CT molecular complexity index is 502. The third kappa shape index (κ3) is 4.44. The fraction of sp³-hybridized carbons (Fsp3) is 0.562. The molecule has 1 aromatic rings. The van der Waals surface area contributed by atoms with Gasteiger partial charge in [0.15, 0.2) is 6.61 Å². The molecule has 5 heteroatoms. The molecule has 1 aliphatic rings. The van der Waals surface area contributed by atoms with E-state index in [-0.39, 0.29) is 18.6 Å². The first kappa shape index (κ1) is 15.8. The first-order valence-electron chi connectivity index (χ1n) is 7.43. The second-order valence-electron chi connectivity index (χ2n) is 5.97. The van der Waals surface area contributed by atoms with Gasteiger partial charge in [0.25, 0.3) is 5.91 Å². The molecule has 1 amide bonds. The quantitative estimate of drug-likeness (QED) is 0.842. The van der Waals surface area contributed by atoms with Crippen LogP contribution in [0.2, 0.25) is 0 Å². The van der Waals surface area contributed by atoms with E-state index in [1.54, 1.807) is 0 Å². The predicted molar refractivity (Wildman–Crippen MR) is 84.8 cm³/mol. The minimum absolute atomic E-state index is 0.0976. The molecule has 0 fully saturated rings. The van der Waals surface area contributed by atoms with Gasteiger partial charge in [0.1, 0.15) is 5.75 Å². The fourth-order valence-electron chi connectivity index (χ4n) is 2.43. The smallest absolute Gasteiger partial charge is 0.262 e. The van der Waals surface area contributed by atoms with Gasteiger partial charge < -0.3 is 20.3 Å². The van der Waals surface area contributed by atoms with Crippen molar-refractivity contribution in [3.63, 3.8) is 0 Å². The van der Waals surface area contributed by atoms with Crippen LogP contribution in [0.15, 0.2) is 18.2 Å². The Balaban J connectivity index is 1.98. The summed E-state index contributed by atoms with van der Waals surface area (Å²) in [5.74, 6) is 0.644. The Morgan fingerprint density at radius 3 is 2.86 bits per heavy atom. The fourth-order valence-corrected chi connectivity index (χ4v) is 2.43. The van der Waals surface area contributed by atoms with Gasteiger partial charge in [-0.2, -0.15) is 0 Å². The maximum atomic E-state index is 11.4. The lowest BCUT2D eigenvalue weighted by atomic mass is 10.0. The summed E-state index contributed by atoms with van der Waals surface area (Å²) in [6, 6.07) is 6.62. The molecule has 116 valence electrons. The average molecular weight is 291 g/mol. The van der Waals surface area contributed by atoms with Crippen LogP contribution in [0.3, 0.4) is 0 Å². The number of ether oxygens (including phenoxy) is 1. The number of nitrogens with one attached hydrogen (secondary N) is 2. The van der Waals surface area contributed by atoms with Crippen LogP contribution in [0, 0.1) is 0 Å². The Kier molecular flexibility index (Phi) is 5.20. The molecule has 0 spiro atoms. The Hall–Kier alpha value is -1.59. The van der Waals surface area contributed by atoms with Crippen molar-refractivity contribution in [1.82, 2.24) is 10.2 Å². The van der Waals surface area contributed by atoms with Crippen molar-refractivity contribution in [3.8, 4) is 5.75 Å². The number of hydrogen-bond acceptors (Lipinski definition) is 4. The highest BCUT2D eigenvalue weighted by atomic mass is 16.5. The summed E-state index contributed by atoms with van der Waals surface area (Å²) in [6.45, 7) is 5.50. The maximum Gasteiger partial charge on any atom is 0.262 e. The van der Waals surface area contributed by atoms with Crippen LogP contribution in [0.1, 0.15) is 31.9 Å². The van der Waals surface area contributed by atoms with E-state index in [1.807, 2.05) is 18.2 Å². The minimum Gasteiger partial charge on any atom is -0.482 e. The van der Waals surface area contributed by atoms with Crippen LogP contribution in [0.25, 0.3) is 0 Å².